The molecule has 2 aromatic rings. The molecule has 1 aliphatic rings. The average Bonchev–Trinajstić information content (AvgIpc) is 3.05. The van der Waals surface area contributed by atoms with Gasteiger partial charge in [0.1, 0.15) is 12.1 Å². The number of rotatable bonds is 4. The second-order valence-electron chi connectivity index (χ2n) is 5.52. The van der Waals surface area contributed by atoms with Gasteiger partial charge in [0.15, 0.2) is 0 Å². The molecule has 1 fully saturated rings. The fraction of sp³-hybridized carbons (Fsp3) is 0.615. The SMILES string of the molecule is Cc1cc(NCC2(CN)CCCC2)n2ncnc2n1. The summed E-state index contributed by atoms with van der Waals surface area (Å²) >= 11 is 0. The molecule has 1 aliphatic carbocycles. The minimum Gasteiger partial charge on any atom is -0.369 e. The van der Waals surface area contributed by atoms with E-state index in [9.17, 15) is 0 Å². The van der Waals surface area contributed by atoms with Crippen LogP contribution in [0.4, 0.5) is 5.82 Å². The second-order valence-corrected chi connectivity index (χ2v) is 5.52. The number of nitrogens with two attached hydrogens (primary N) is 1. The highest BCUT2D eigenvalue weighted by Gasteiger charge is 2.32. The molecule has 6 nitrogen and oxygen atoms in total. The third kappa shape index (κ3) is 2.28. The van der Waals surface area contributed by atoms with Gasteiger partial charge in [-0.3, -0.25) is 0 Å². The zero-order valence-electron chi connectivity index (χ0n) is 11.3. The number of hydrogen-bond donors (Lipinski definition) is 2. The van der Waals surface area contributed by atoms with E-state index in [1.54, 1.807) is 4.52 Å². The van der Waals surface area contributed by atoms with E-state index in [0.29, 0.717) is 5.78 Å². The maximum absolute atomic E-state index is 5.97. The third-order valence-corrected chi connectivity index (χ3v) is 4.12. The van der Waals surface area contributed by atoms with E-state index in [2.05, 4.69) is 20.4 Å². The summed E-state index contributed by atoms with van der Waals surface area (Å²) in [7, 11) is 0. The Balaban J connectivity index is 1.83. The first-order chi connectivity index (χ1) is 9.22. The number of fused-ring (bicyclic) bond motifs is 1. The van der Waals surface area contributed by atoms with E-state index < -0.39 is 0 Å². The largest absolute Gasteiger partial charge is 0.369 e. The van der Waals surface area contributed by atoms with Crippen LogP contribution in [0.2, 0.25) is 0 Å². The number of hydrogen-bond acceptors (Lipinski definition) is 5. The maximum Gasteiger partial charge on any atom is 0.254 e. The number of anilines is 1. The van der Waals surface area contributed by atoms with Gasteiger partial charge in [-0.2, -0.15) is 14.6 Å². The van der Waals surface area contributed by atoms with Crippen LogP contribution in [0.3, 0.4) is 0 Å². The van der Waals surface area contributed by atoms with Gasteiger partial charge in [0.25, 0.3) is 5.78 Å². The number of aromatic nitrogens is 4. The molecule has 0 atom stereocenters. The van der Waals surface area contributed by atoms with Crippen LogP contribution in [0.5, 0.6) is 0 Å². The molecule has 0 aliphatic heterocycles. The van der Waals surface area contributed by atoms with E-state index in [-0.39, 0.29) is 5.41 Å². The predicted octanol–water partition coefficient (Wildman–Crippen LogP) is 1.36. The van der Waals surface area contributed by atoms with Crippen molar-refractivity contribution in [2.24, 2.45) is 11.1 Å². The van der Waals surface area contributed by atoms with E-state index in [0.717, 1.165) is 24.6 Å². The van der Waals surface area contributed by atoms with Crippen LogP contribution < -0.4 is 11.1 Å². The van der Waals surface area contributed by atoms with Gasteiger partial charge in [-0.25, -0.2) is 4.98 Å². The summed E-state index contributed by atoms with van der Waals surface area (Å²) in [5.74, 6) is 1.58. The minimum absolute atomic E-state index is 0.240. The molecule has 102 valence electrons. The van der Waals surface area contributed by atoms with Crippen molar-refractivity contribution >= 4 is 11.6 Å². The van der Waals surface area contributed by atoms with Gasteiger partial charge in [-0.05, 0) is 31.7 Å². The van der Waals surface area contributed by atoms with Crippen LogP contribution in [-0.2, 0) is 0 Å². The Bertz CT molecular complexity index is 570. The van der Waals surface area contributed by atoms with E-state index in [1.807, 2.05) is 13.0 Å². The van der Waals surface area contributed by atoms with Crippen LogP contribution in [-0.4, -0.2) is 32.7 Å². The zero-order valence-corrected chi connectivity index (χ0v) is 11.3. The van der Waals surface area contributed by atoms with Gasteiger partial charge in [0.05, 0.1) is 0 Å². The lowest BCUT2D eigenvalue weighted by Crippen LogP contribution is -2.35. The van der Waals surface area contributed by atoms with Gasteiger partial charge < -0.3 is 11.1 Å². The van der Waals surface area contributed by atoms with Crippen LogP contribution >= 0.6 is 0 Å². The van der Waals surface area contributed by atoms with E-state index >= 15 is 0 Å². The molecule has 0 radical (unpaired) electrons. The van der Waals surface area contributed by atoms with Gasteiger partial charge in [0, 0.05) is 18.3 Å². The van der Waals surface area contributed by atoms with Crippen molar-refractivity contribution in [2.45, 2.75) is 32.6 Å². The van der Waals surface area contributed by atoms with Crippen molar-refractivity contribution < 1.29 is 0 Å². The molecule has 2 heterocycles. The fourth-order valence-corrected chi connectivity index (χ4v) is 2.91. The topological polar surface area (TPSA) is 81.1 Å². The normalized spacial score (nSPS) is 18.0. The lowest BCUT2D eigenvalue weighted by atomic mass is 9.86. The highest BCUT2D eigenvalue weighted by Crippen LogP contribution is 2.37. The van der Waals surface area contributed by atoms with Crippen molar-refractivity contribution in [3.05, 3.63) is 18.1 Å². The molecule has 0 amide bonds. The Morgan fingerprint density at radius 2 is 2.21 bits per heavy atom. The van der Waals surface area contributed by atoms with Crippen LogP contribution in [0.1, 0.15) is 31.4 Å². The summed E-state index contributed by atoms with van der Waals surface area (Å²) in [6.07, 6.45) is 6.52. The van der Waals surface area contributed by atoms with Gasteiger partial charge in [-0.15, -0.1) is 0 Å². The zero-order chi connectivity index (χ0) is 13.3. The number of nitrogens with zero attached hydrogens (tertiary/aromatic N) is 4. The number of aryl methyl sites for hydroxylation is 1. The molecule has 3 N–H and O–H groups in total. The Labute approximate surface area is 112 Å². The highest BCUT2D eigenvalue weighted by atomic mass is 15.3. The van der Waals surface area contributed by atoms with Crippen molar-refractivity contribution in [1.82, 2.24) is 19.6 Å². The third-order valence-electron chi connectivity index (χ3n) is 4.12. The van der Waals surface area contributed by atoms with Crippen molar-refractivity contribution in [3.63, 3.8) is 0 Å². The summed E-state index contributed by atoms with van der Waals surface area (Å²) in [6.45, 7) is 3.60. The first-order valence-corrected chi connectivity index (χ1v) is 6.84. The molecule has 19 heavy (non-hydrogen) atoms. The first kappa shape index (κ1) is 12.3. The Morgan fingerprint density at radius 1 is 1.42 bits per heavy atom. The monoisotopic (exact) mass is 260 g/mol. The maximum atomic E-state index is 5.97. The van der Waals surface area contributed by atoms with Crippen molar-refractivity contribution in [1.29, 1.82) is 0 Å². The van der Waals surface area contributed by atoms with Gasteiger partial charge in [-0.1, -0.05) is 12.8 Å². The van der Waals surface area contributed by atoms with E-state index in [4.69, 9.17) is 5.73 Å². The fourth-order valence-electron chi connectivity index (χ4n) is 2.91. The molecule has 0 saturated heterocycles. The highest BCUT2D eigenvalue weighted by molar-refractivity contribution is 5.44. The quantitative estimate of drug-likeness (QED) is 0.867. The Hall–Kier alpha value is -1.69. The van der Waals surface area contributed by atoms with Crippen LogP contribution in [0.25, 0.3) is 5.78 Å². The Kier molecular flexibility index (Phi) is 3.10. The molecule has 3 rings (SSSR count). The van der Waals surface area contributed by atoms with Crippen molar-refractivity contribution in [2.75, 3.05) is 18.4 Å². The molecular formula is C13H20N6. The summed E-state index contributed by atoms with van der Waals surface area (Å²) in [5.41, 5.74) is 7.15. The van der Waals surface area contributed by atoms with E-state index in [1.165, 1.54) is 32.0 Å². The lowest BCUT2D eigenvalue weighted by Gasteiger charge is -2.27. The summed E-state index contributed by atoms with van der Waals surface area (Å²) in [4.78, 5) is 8.47. The molecule has 0 aromatic carbocycles. The summed E-state index contributed by atoms with van der Waals surface area (Å²) < 4.78 is 1.74. The Morgan fingerprint density at radius 3 is 2.95 bits per heavy atom. The number of nitrogens with one attached hydrogen (secondary N) is 1. The smallest absolute Gasteiger partial charge is 0.254 e. The molecular weight excluding hydrogens is 240 g/mol. The minimum atomic E-state index is 0.240. The molecule has 1 saturated carbocycles. The lowest BCUT2D eigenvalue weighted by molar-refractivity contribution is 0.331. The molecule has 2 aromatic heterocycles. The standard InChI is InChI=1S/C13H20N6/c1-10-6-11(19-12(18-10)16-9-17-19)15-8-13(7-14)4-2-3-5-13/h6,9,15H,2-5,7-8,14H2,1H3. The van der Waals surface area contributed by atoms with Crippen LogP contribution in [0, 0.1) is 12.3 Å². The average molecular weight is 260 g/mol. The van der Waals surface area contributed by atoms with Gasteiger partial charge >= 0.3 is 0 Å². The second kappa shape index (κ2) is 4.77. The first-order valence-electron chi connectivity index (χ1n) is 6.84. The molecule has 0 bridgehead atoms. The van der Waals surface area contributed by atoms with Crippen molar-refractivity contribution in [3.8, 4) is 0 Å². The molecule has 6 heteroatoms. The van der Waals surface area contributed by atoms with Gasteiger partial charge in [0.2, 0.25) is 0 Å². The summed E-state index contributed by atoms with van der Waals surface area (Å²) in [5, 5.41) is 7.69. The molecule has 0 spiro atoms. The predicted molar refractivity (Wildman–Crippen MR) is 74.0 cm³/mol. The molecule has 0 unspecified atom stereocenters. The van der Waals surface area contributed by atoms with Crippen LogP contribution in [0.15, 0.2) is 12.4 Å². The summed E-state index contributed by atoms with van der Waals surface area (Å²) in [6, 6.07) is 2.00.